The molecule has 0 aliphatic carbocycles. The van der Waals surface area contributed by atoms with Crippen molar-refractivity contribution in [3.05, 3.63) is 58.7 Å². The molecule has 0 saturated carbocycles. The molecule has 0 heterocycles. The first-order valence-electron chi connectivity index (χ1n) is 9.34. The van der Waals surface area contributed by atoms with Gasteiger partial charge in [-0.05, 0) is 61.7 Å². The standard InChI is InChI=1S/C23H24N2O5/c1-5-29-22(26)14-30-21-12-17(8-9-20(21)28-4)11-18(13-24)23(27)25-19-10-15(2)6-7-16(19)3/h6-12H,5,14H2,1-4H3,(H,25,27)/b18-11-. The van der Waals surface area contributed by atoms with Gasteiger partial charge in [-0.2, -0.15) is 5.26 Å². The summed E-state index contributed by atoms with van der Waals surface area (Å²) in [7, 11) is 1.47. The van der Waals surface area contributed by atoms with E-state index in [9.17, 15) is 14.9 Å². The molecule has 7 nitrogen and oxygen atoms in total. The molecule has 0 bridgehead atoms. The molecule has 0 atom stereocenters. The first-order valence-corrected chi connectivity index (χ1v) is 9.34. The van der Waals surface area contributed by atoms with Crippen molar-refractivity contribution in [3.8, 4) is 17.6 Å². The number of nitrogens with one attached hydrogen (secondary N) is 1. The van der Waals surface area contributed by atoms with Crippen molar-refractivity contribution in [2.24, 2.45) is 0 Å². The second-order valence-electron chi connectivity index (χ2n) is 6.45. The largest absolute Gasteiger partial charge is 0.493 e. The highest BCUT2D eigenvalue weighted by Crippen LogP contribution is 2.29. The molecule has 2 rings (SSSR count). The Morgan fingerprint density at radius 3 is 2.57 bits per heavy atom. The van der Waals surface area contributed by atoms with E-state index in [0.717, 1.165) is 11.1 Å². The number of aryl methyl sites for hydroxylation is 2. The van der Waals surface area contributed by atoms with Gasteiger partial charge >= 0.3 is 5.97 Å². The van der Waals surface area contributed by atoms with E-state index in [0.29, 0.717) is 22.7 Å². The Kier molecular flexibility index (Phi) is 8.00. The van der Waals surface area contributed by atoms with E-state index < -0.39 is 11.9 Å². The Hall–Kier alpha value is -3.79. The lowest BCUT2D eigenvalue weighted by molar-refractivity contribution is -0.145. The maximum Gasteiger partial charge on any atom is 0.344 e. The summed E-state index contributed by atoms with van der Waals surface area (Å²) in [5.74, 6) is -0.316. The summed E-state index contributed by atoms with van der Waals surface area (Å²) in [5, 5.41) is 12.2. The van der Waals surface area contributed by atoms with Crippen molar-refractivity contribution in [1.82, 2.24) is 0 Å². The van der Waals surface area contributed by atoms with Crippen molar-refractivity contribution in [2.75, 3.05) is 25.6 Å². The van der Waals surface area contributed by atoms with E-state index >= 15 is 0 Å². The number of hydrogen-bond acceptors (Lipinski definition) is 6. The van der Waals surface area contributed by atoms with Gasteiger partial charge in [0.2, 0.25) is 0 Å². The monoisotopic (exact) mass is 408 g/mol. The van der Waals surface area contributed by atoms with E-state index in [4.69, 9.17) is 14.2 Å². The number of nitriles is 1. The molecule has 7 heteroatoms. The smallest absolute Gasteiger partial charge is 0.344 e. The summed E-state index contributed by atoms with van der Waals surface area (Å²) >= 11 is 0. The van der Waals surface area contributed by atoms with E-state index in [2.05, 4.69) is 5.32 Å². The number of amides is 1. The highest BCUT2D eigenvalue weighted by Gasteiger charge is 2.13. The predicted octanol–water partition coefficient (Wildman–Crippen LogP) is 3.80. The summed E-state index contributed by atoms with van der Waals surface area (Å²) in [5.41, 5.74) is 3.01. The van der Waals surface area contributed by atoms with Crippen LogP contribution in [-0.4, -0.2) is 32.2 Å². The minimum atomic E-state index is -0.518. The van der Waals surface area contributed by atoms with Gasteiger partial charge in [0, 0.05) is 5.69 Å². The predicted molar refractivity (Wildman–Crippen MR) is 113 cm³/mol. The maximum atomic E-state index is 12.6. The van der Waals surface area contributed by atoms with Crippen LogP contribution in [0.25, 0.3) is 6.08 Å². The summed E-state index contributed by atoms with van der Waals surface area (Å²) in [4.78, 5) is 24.1. The number of carbonyl (C=O) groups excluding carboxylic acids is 2. The van der Waals surface area contributed by atoms with Crippen molar-refractivity contribution < 1.29 is 23.8 Å². The minimum Gasteiger partial charge on any atom is -0.493 e. The van der Waals surface area contributed by atoms with Crippen LogP contribution in [0.2, 0.25) is 0 Å². The number of benzene rings is 2. The summed E-state index contributed by atoms with van der Waals surface area (Å²) in [6.45, 7) is 5.47. The Bertz CT molecular complexity index is 1010. The van der Waals surface area contributed by atoms with E-state index in [1.165, 1.54) is 13.2 Å². The Balaban J connectivity index is 2.24. The van der Waals surface area contributed by atoms with Crippen LogP contribution in [0.3, 0.4) is 0 Å². The fourth-order valence-corrected chi connectivity index (χ4v) is 2.61. The van der Waals surface area contributed by atoms with E-state index in [-0.39, 0.29) is 18.8 Å². The Morgan fingerprint density at radius 2 is 1.90 bits per heavy atom. The number of hydrogen-bond donors (Lipinski definition) is 1. The molecule has 1 N–H and O–H groups in total. The third-order valence-electron chi connectivity index (χ3n) is 4.16. The average molecular weight is 408 g/mol. The number of esters is 1. The number of rotatable bonds is 8. The molecular weight excluding hydrogens is 384 g/mol. The topological polar surface area (TPSA) is 97.7 Å². The van der Waals surface area contributed by atoms with Gasteiger partial charge in [0.15, 0.2) is 18.1 Å². The fourth-order valence-electron chi connectivity index (χ4n) is 2.61. The first-order chi connectivity index (χ1) is 14.4. The Morgan fingerprint density at radius 1 is 1.13 bits per heavy atom. The molecular formula is C23H24N2O5. The third kappa shape index (κ3) is 6.11. The zero-order valence-electron chi connectivity index (χ0n) is 17.4. The van der Waals surface area contributed by atoms with Crippen LogP contribution in [0, 0.1) is 25.2 Å². The fraction of sp³-hybridized carbons (Fsp3) is 0.261. The highest BCUT2D eigenvalue weighted by atomic mass is 16.6. The van der Waals surface area contributed by atoms with Gasteiger partial charge in [-0.1, -0.05) is 18.2 Å². The number of ether oxygens (including phenoxy) is 3. The molecule has 0 radical (unpaired) electrons. The lowest BCUT2D eigenvalue weighted by Crippen LogP contribution is -2.15. The molecule has 0 saturated heterocycles. The summed E-state index contributed by atoms with van der Waals surface area (Å²) in [6, 6.07) is 12.5. The van der Waals surface area contributed by atoms with Crippen LogP contribution < -0.4 is 14.8 Å². The highest BCUT2D eigenvalue weighted by molar-refractivity contribution is 6.10. The van der Waals surface area contributed by atoms with Crippen molar-refractivity contribution in [2.45, 2.75) is 20.8 Å². The zero-order chi connectivity index (χ0) is 22.1. The van der Waals surface area contributed by atoms with Gasteiger partial charge < -0.3 is 19.5 Å². The molecule has 0 aliphatic heterocycles. The minimum absolute atomic E-state index is 0.0718. The molecule has 156 valence electrons. The van der Waals surface area contributed by atoms with Gasteiger partial charge in [-0.3, -0.25) is 4.79 Å². The van der Waals surface area contributed by atoms with Crippen molar-refractivity contribution in [3.63, 3.8) is 0 Å². The van der Waals surface area contributed by atoms with Crippen molar-refractivity contribution >= 4 is 23.6 Å². The quantitative estimate of drug-likeness (QED) is 0.405. The number of methoxy groups -OCH3 is 1. The van der Waals surface area contributed by atoms with Crippen LogP contribution in [0.1, 0.15) is 23.6 Å². The maximum absolute atomic E-state index is 12.6. The summed E-state index contributed by atoms with van der Waals surface area (Å²) < 4.78 is 15.5. The zero-order valence-corrected chi connectivity index (χ0v) is 17.4. The normalized spacial score (nSPS) is 10.7. The molecule has 1 amide bonds. The molecule has 0 spiro atoms. The van der Waals surface area contributed by atoms with Crippen LogP contribution in [0.15, 0.2) is 42.0 Å². The Labute approximate surface area is 175 Å². The van der Waals surface area contributed by atoms with Gasteiger partial charge in [0.25, 0.3) is 5.91 Å². The van der Waals surface area contributed by atoms with Crippen molar-refractivity contribution in [1.29, 1.82) is 5.26 Å². The van der Waals surface area contributed by atoms with Gasteiger partial charge in [0.1, 0.15) is 11.6 Å². The SMILES string of the molecule is CCOC(=O)COc1cc(/C=C(/C#N)C(=O)Nc2cc(C)ccc2C)ccc1OC. The molecule has 0 aromatic heterocycles. The summed E-state index contributed by atoms with van der Waals surface area (Å²) in [6.07, 6.45) is 1.44. The molecule has 0 aliphatic rings. The van der Waals surface area contributed by atoms with Gasteiger partial charge in [0.05, 0.1) is 13.7 Å². The van der Waals surface area contributed by atoms with Gasteiger partial charge in [-0.15, -0.1) is 0 Å². The number of nitrogens with zero attached hydrogens (tertiary/aromatic N) is 1. The second-order valence-corrected chi connectivity index (χ2v) is 6.45. The third-order valence-corrected chi connectivity index (χ3v) is 4.16. The lowest BCUT2D eigenvalue weighted by Gasteiger charge is -2.11. The second kappa shape index (κ2) is 10.7. The molecule has 2 aromatic carbocycles. The molecule has 2 aromatic rings. The molecule has 0 unspecified atom stereocenters. The van der Waals surface area contributed by atoms with E-state index in [1.54, 1.807) is 25.1 Å². The first kappa shape index (κ1) is 22.5. The lowest BCUT2D eigenvalue weighted by atomic mass is 10.1. The van der Waals surface area contributed by atoms with Crippen LogP contribution in [0.4, 0.5) is 5.69 Å². The van der Waals surface area contributed by atoms with Crippen LogP contribution >= 0.6 is 0 Å². The van der Waals surface area contributed by atoms with Gasteiger partial charge in [-0.25, -0.2) is 4.79 Å². The number of carbonyl (C=O) groups is 2. The van der Waals surface area contributed by atoms with Crippen LogP contribution in [0.5, 0.6) is 11.5 Å². The molecule has 30 heavy (non-hydrogen) atoms. The van der Waals surface area contributed by atoms with E-state index in [1.807, 2.05) is 38.1 Å². The molecule has 0 fully saturated rings. The van der Waals surface area contributed by atoms with Crippen LogP contribution in [-0.2, 0) is 14.3 Å². The number of anilines is 1. The average Bonchev–Trinajstić information content (AvgIpc) is 2.73.